The van der Waals surface area contributed by atoms with Crippen molar-refractivity contribution in [1.29, 1.82) is 5.26 Å². The highest BCUT2D eigenvalue weighted by molar-refractivity contribution is 9.10. The van der Waals surface area contributed by atoms with Crippen LogP contribution < -0.4 is 10.1 Å². The molecule has 0 bridgehead atoms. The topological polar surface area (TPSA) is 45.0 Å². The van der Waals surface area contributed by atoms with E-state index in [1.165, 1.54) is 0 Å². The number of para-hydroxylation sites is 1. The van der Waals surface area contributed by atoms with E-state index in [9.17, 15) is 5.26 Å². The smallest absolute Gasteiger partial charge is 0.140 e. The van der Waals surface area contributed by atoms with Gasteiger partial charge in [0.2, 0.25) is 0 Å². The van der Waals surface area contributed by atoms with E-state index in [-0.39, 0.29) is 0 Å². The van der Waals surface area contributed by atoms with Gasteiger partial charge in [-0.3, -0.25) is 0 Å². The highest BCUT2D eigenvalue weighted by atomic mass is 79.9. The third-order valence-corrected chi connectivity index (χ3v) is 3.50. The van der Waals surface area contributed by atoms with E-state index < -0.39 is 6.04 Å². The van der Waals surface area contributed by atoms with Crippen LogP contribution >= 0.6 is 15.9 Å². The molecule has 4 heteroatoms. The summed E-state index contributed by atoms with van der Waals surface area (Å²) in [6.07, 6.45) is 0. The maximum absolute atomic E-state index is 9.38. The molecular weight excluding hydrogens is 316 g/mol. The first kappa shape index (κ1) is 14.4. The van der Waals surface area contributed by atoms with Gasteiger partial charge in [-0.2, -0.15) is 5.26 Å². The van der Waals surface area contributed by atoms with Crippen LogP contribution in [-0.2, 0) is 0 Å². The predicted molar refractivity (Wildman–Crippen MR) is 83.7 cm³/mol. The molecule has 0 fully saturated rings. The second-order valence-electron chi connectivity index (χ2n) is 4.19. The lowest BCUT2D eigenvalue weighted by Crippen LogP contribution is -2.09. The average Bonchev–Trinajstić information content (AvgIpc) is 2.47. The second kappa shape index (κ2) is 6.97. The second-order valence-corrected chi connectivity index (χ2v) is 5.05. The van der Waals surface area contributed by atoms with Crippen LogP contribution in [-0.4, -0.2) is 6.61 Å². The SMILES string of the molecule is CCOc1cccc(C(C#N)Nc2ccccc2Br)c1. The summed E-state index contributed by atoms with van der Waals surface area (Å²) < 4.78 is 6.40. The van der Waals surface area contributed by atoms with Gasteiger partial charge in [0.15, 0.2) is 0 Å². The predicted octanol–water partition coefficient (Wildman–Crippen LogP) is 4.52. The fraction of sp³-hybridized carbons (Fsp3) is 0.188. The molecule has 0 aliphatic heterocycles. The van der Waals surface area contributed by atoms with Crippen molar-refractivity contribution < 1.29 is 4.74 Å². The van der Waals surface area contributed by atoms with Crippen molar-refractivity contribution in [3.8, 4) is 11.8 Å². The molecule has 0 aliphatic rings. The summed E-state index contributed by atoms with van der Waals surface area (Å²) in [6.45, 7) is 2.55. The number of rotatable bonds is 5. The van der Waals surface area contributed by atoms with Crippen LogP contribution in [0.4, 0.5) is 5.69 Å². The summed E-state index contributed by atoms with van der Waals surface area (Å²) >= 11 is 3.47. The van der Waals surface area contributed by atoms with E-state index in [1.807, 2.05) is 55.5 Å². The number of hydrogen-bond acceptors (Lipinski definition) is 3. The summed E-state index contributed by atoms with van der Waals surface area (Å²) in [6, 6.07) is 17.2. The highest BCUT2D eigenvalue weighted by Gasteiger charge is 2.12. The lowest BCUT2D eigenvalue weighted by molar-refractivity contribution is 0.340. The number of ether oxygens (including phenoxy) is 1. The number of benzene rings is 2. The average molecular weight is 331 g/mol. The van der Waals surface area contributed by atoms with Crippen LogP contribution in [0, 0.1) is 11.3 Å². The molecule has 0 aliphatic carbocycles. The number of nitrogens with one attached hydrogen (secondary N) is 1. The van der Waals surface area contributed by atoms with Gasteiger partial charge in [0.25, 0.3) is 0 Å². The Hall–Kier alpha value is -1.99. The Balaban J connectivity index is 2.23. The molecule has 2 aromatic rings. The third-order valence-electron chi connectivity index (χ3n) is 2.81. The minimum absolute atomic E-state index is 0.422. The molecule has 0 saturated heterocycles. The van der Waals surface area contributed by atoms with E-state index in [1.54, 1.807) is 0 Å². The maximum Gasteiger partial charge on any atom is 0.140 e. The van der Waals surface area contributed by atoms with Gasteiger partial charge in [-0.05, 0) is 52.7 Å². The molecule has 0 amide bonds. The summed E-state index contributed by atoms with van der Waals surface area (Å²) in [5.41, 5.74) is 1.77. The lowest BCUT2D eigenvalue weighted by Gasteiger charge is -2.15. The van der Waals surface area contributed by atoms with Crippen LogP contribution in [0.2, 0.25) is 0 Å². The highest BCUT2D eigenvalue weighted by Crippen LogP contribution is 2.27. The van der Waals surface area contributed by atoms with Gasteiger partial charge >= 0.3 is 0 Å². The monoisotopic (exact) mass is 330 g/mol. The lowest BCUT2D eigenvalue weighted by atomic mass is 10.1. The molecule has 1 unspecified atom stereocenters. The summed E-state index contributed by atoms with van der Waals surface area (Å²) in [4.78, 5) is 0. The quantitative estimate of drug-likeness (QED) is 0.876. The van der Waals surface area contributed by atoms with E-state index in [4.69, 9.17) is 4.74 Å². The molecule has 2 aromatic carbocycles. The Morgan fingerprint density at radius 1 is 1.25 bits per heavy atom. The summed E-state index contributed by atoms with van der Waals surface area (Å²) in [5.74, 6) is 0.777. The van der Waals surface area contributed by atoms with Crippen LogP contribution in [0.15, 0.2) is 53.0 Å². The molecule has 1 atom stereocenters. The van der Waals surface area contributed by atoms with E-state index in [2.05, 4.69) is 27.3 Å². The first-order valence-corrected chi connectivity index (χ1v) is 7.17. The molecule has 102 valence electrons. The molecule has 1 N–H and O–H groups in total. The summed E-state index contributed by atoms with van der Waals surface area (Å²) in [7, 11) is 0. The Labute approximate surface area is 127 Å². The van der Waals surface area contributed by atoms with Gasteiger partial charge in [0.05, 0.1) is 12.7 Å². The van der Waals surface area contributed by atoms with E-state index in [0.29, 0.717) is 6.61 Å². The normalized spacial score (nSPS) is 11.4. The Morgan fingerprint density at radius 3 is 2.75 bits per heavy atom. The van der Waals surface area contributed by atoms with Crippen LogP contribution in [0.5, 0.6) is 5.75 Å². The fourth-order valence-electron chi connectivity index (χ4n) is 1.87. The van der Waals surface area contributed by atoms with Gasteiger partial charge in [-0.1, -0.05) is 24.3 Å². The molecule has 0 spiro atoms. The van der Waals surface area contributed by atoms with Crippen molar-refractivity contribution in [3.63, 3.8) is 0 Å². The van der Waals surface area contributed by atoms with Crippen molar-refractivity contribution in [3.05, 3.63) is 58.6 Å². The molecule has 2 rings (SSSR count). The minimum Gasteiger partial charge on any atom is -0.494 e. The molecule has 0 aromatic heterocycles. The Bertz CT molecular complexity index is 622. The molecule has 0 heterocycles. The van der Waals surface area contributed by atoms with Crippen molar-refractivity contribution in [2.75, 3.05) is 11.9 Å². The molecule has 0 saturated carbocycles. The maximum atomic E-state index is 9.38. The van der Waals surface area contributed by atoms with Gasteiger partial charge in [-0.25, -0.2) is 0 Å². The molecule has 0 radical (unpaired) electrons. The summed E-state index contributed by atoms with van der Waals surface area (Å²) in [5, 5.41) is 12.6. The van der Waals surface area contributed by atoms with Gasteiger partial charge in [0, 0.05) is 10.2 Å². The third kappa shape index (κ3) is 3.52. The van der Waals surface area contributed by atoms with Crippen molar-refractivity contribution in [1.82, 2.24) is 0 Å². The van der Waals surface area contributed by atoms with E-state index >= 15 is 0 Å². The number of nitriles is 1. The molecule has 3 nitrogen and oxygen atoms in total. The van der Waals surface area contributed by atoms with Crippen molar-refractivity contribution in [2.45, 2.75) is 13.0 Å². The van der Waals surface area contributed by atoms with Gasteiger partial charge in [-0.15, -0.1) is 0 Å². The first-order chi connectivity index (χ1) is 9.74. The Kier molecular flexibility index (Phi) is 5.03. The van der Waals surface area contributed by atoms with Crippen LogP contribution in [0.3, 0.4) is 0 Å². The zero-order valence-corrected chi connectivity index (χ0v) is 12.7. The zero-order valence-electron chi connectivity index (χ0n) is 11.1. The van der Waals surface area contributed by atoms with Crippen molar-refractivity contribution >= 4 is 21.6 Å². The molecule has 20 heavy (non-hydrogen) atoms. The molecular formula is C16H15BrN2O. The van der Waals surface area contributed by atoms with Gasteiger partial charge in [0.1, 0.15) is 11.8 Å². The first-order valence-electron chi connectivity index (χ1n) is 6.38. The number of anilines is 1. The standard InChI is InChI=1S/C16H15BrN2O/c1-2-20-13-7-5-6-12(10-13)16(11-18)19-15-9-4-3-8-14(15)17/h3-10,16,19H,2H2,1H3. The van der Waals surface area contributed by atoms with Crippen LogP contribution in [0.25, 0.3) is 0 Å². The van der Waals surface area contributed by atoms with Crippen molar-refractivity contribution in [2.24, 2.45) is 0 Å². The van der Waals surface area contributed by atoms with E-state index in [0.717, 1.165) is 21.5 Å². The number of hydrogen-bond donors (Lipinski definition) is 1. The fourth-order valence-corrected chi connectivity index (χ4v) is 2.27. The Morgan fingerprint density at radius 2 is 2.05 bits per heavy atom. The largest absolute Gasteiger partial charge is 0.494 e. The number of halogens is 1. The van der Waals surface area contributed by atoms with Crippen LogP contribution in [0.1, 0.15) is 18.5 Å². The number of nitrogens with zero attached hydrogens (tertiary/aromatic N) is 1. The zero-order chi connectivity index (χ0) is 14.4. The minimum atomic E-state index is -0.422. The van der Waals surface area contributed by atoms with Gasteiger partial charge < -0.3 is 10.1 Å².